The van der Waals surface area contributed by atoms with Gasteiger partial charge in [-0.2, -0.15) is 0 Å². The fourth-order valence-electron chi connectivity index (χ4n) is 2.37. The third-order valence-corrected chi connectivity index (χ3v) is 3.24. The van der Waals surface area contributed by atoms with Crippen molar-refractivity contribution in [3.8, 4) is 0 Å². The molecule has 2 bridgehead atoms. The zero-order valence-electron chi connectivity index (χ0n) is 7.34. The van der Waals surface area contributed by atoms with Crippen LogP contribution in [0.15, 0.2) is 0 Å². The number of hydrogen-bond acceptors (Lipinski definition) is 2. The second kappa shape index (κ2) is 3.11. The lowest BCUT2D eigenvalue weighted by atomic mass is 10.1. The molecule has 2 aliphatic rings. The van der Waals surface area contributed by atoms with Crippen LogP contribution in [0.25, 0.3) is 0 Å². The standard InChI is InChI=1S/C9H18N2/c1-11-8-4-2-3-5-9(11)7-10-6-8/h8-10H,2-7H2,1H3/t8-,9-/m0/s1. The molecule has 0 amide bonds. The Morgan fingerprint density at radius 1 is 1.09 bits per heavy atom. The van der Waals surface area contributed by atoms with Crippen molar-refractivity contribution in [1.29, 1.82) is 0 Å². The Kier molecular flexibility index (Phi) is 2.14. The highest BCUT2D eigenvalue weighted by molar-refractivity contribution is 4.87. The predicted octanol–water partition coefficient (Wildman–Crippen LogP) is 0.833. The van der Waals surface area contributed by atoms with Crippen molar-refractivity contribution < 1.29 is 0 Å². The van der Waals surface area contributed by atoms with Gasteiger partial charge in [-0.05, 0) is 19.9 Å². The van der Waals surface area contributed by atoms with Gasteiger partial charge in [-0.25, -0.2) is 0 Å². The molecule has 0 aliphatic carbocycles. The maximum atomic E-state index is 3.52. The lowest BCUT2D eigenvalue weighted by Gasteiger charge is -2.38. The average molecular weight is 154 g/mol. The summed E-state index contributed by atoms with van der Waals surface area (Å²) in [6.07, 6.45) is 5.68. The molecule has 64 valence electrons. The summed E-state index contributed by atoms with van der Waals surface area (Å²) in [5.41, 5.74) is 0. The first-order valence-corrected chi connectivity index (χ1v) is 4.80. The molecule has 2 rings (SSSR count). The number of rotatable bonds is 0. The van der Waals surface area contributed by atoms with Crippen LogP contribution in [0.5, 0.6) is 0 Å². The van der Waals surface area contributed by atoms with E-state index in [1.54, 1.807) is 0 Å². The largest absolute Gasteiger partial charge is 0.314 e. The van der Waals surface area contributed by atoms with Gasteiger partial charge in [0.25, 0.3) is 0 Å². The molecule has 0 aromatic carbocycles. The van der Waals surface area contributed by atoms with Gasteiger partial charge in [-0.1, -0.05) is 12.8 Å². The maximum absolute atomic E-state index is 3.52. The van der Waals surface area contributed by atoms with Crippen LogP contribution in [0.2, 0.25) is 0 Å². The molecular formula is C9H18N2. The van der Waals surface area contributed by atoms with Crippen molar-refractivity contribution in [2.45, 2.75) is 37.8 Å². The smallest absolute Gasteiger partial charge is 0.0221 e. The molecule has 2 heterocycles. The Bertz CT molecular complexity index is 122. The van der Waals surface area contributed by atoms with E-state index in [9.17, 15) is 0 Å². The quantitative estimate of drug-likeness (QED) is 0.556. The molecule has 11 heavy (non-hydrogen) atoms. The molecule has 1 N–H and O–H groups in total. The van der Waals surface area contributed by atoms with E-state index in [2.05, 4.69) is 17.3 Å². The summed E-state index contributed by atoms with van der Waals surface area (Å²) in [7, 11) is 2.29. The molecule has 0 radical (unpaired) electrons. The second-order valence-electron chi connectivity index (χ2n) is 3.92. The molecule has 2 nitrogen and oxygen atoms in total. The molecule has 0 unspecified atom stereocenters. The van der Waals surface area contributed by atoms with Crippen molar-refractivity contribution >= 4 is 0 Å². The summed E-state index contributed by atoms with van der Waals surface area (Å²) in [6, 6.07) is 1.66. The van der Waals surface area contributed by atoms with Crippen LogP contribution in [-0.2, 0) is 0 Å². The fraction of sp³-hybridized carbons (Fsp3) is 1.00. The maximum Gasteiger partial charge on any atom is 0.0221 e. The minimum Gasteiger partial charge on any atom is -0.314 e. The SMILES string of the molecule is CN1[C@H]2CCCC[C@H]1CNC2. The van der Waals surface area contributed by atoms with Crippen molar-refractivity contribution in [1.82, 2.24) is 10.2 Å². The van der Waals surface area contributed by atoms with Gasteiger partial charge in [0.2, 0.25) is 0 Å². The Morgan fingerprint density at radius 2 is 1.64 bits per heavy atom. The summed E-state index contributed by atoms with van der Waals surface area (Å²) in [5, 5.41) is 3.52. The van der Waals surface area contributed by atoms with Crippen molar-refractivity contribution in [3.05, 3.63) is 0 Å². The van der Waals surface area contributed by atoms with Gasteiger partial charge in [-0.3, -0.25) is 4.90 Å². The molecule has 0 aromatic rings. The van der Waals surface area contributed by atoms with Crippen LogP contribution in [0.3, 0.4) is 0 Å². The summed E-state index contributed by atoms with van der Waals surface area (Å²) >= 11 is 0. The molecule has 2 heteroatoms. The van der Waals surface area contributed by atoms with Crippen LogP contribution >= 0.6 is 0 Å². The molecular weight excluding hydrogens is 136 g/mol. The van der Waals surface area contributed by atoms with Crippen LogP contribution < -0.4 is 5.32 Å². The minimum absolute atomic E-state index is 0.830. The molecule has 2 saturated heterocycles. The zero-order chi connectivity index (χ0) is 7.68. The molecule has 0 saturated carbocycles. The lowest BCUT2D eigenvalue weighted by molar-refractivity contribution is 0.133. The third-order valence-electron chi connectivity index (χ3n) is 3.24. The van der Waals surface area contributed by atoms with Crippen molar-refractivity contribution in [2.24, 2.45) is 0 Å². The number of hydrogen-bond donors (Lipinski definition) is 1. The van der Waals surface area contributed by atoms with E-state index >= 15 is 0 Å². The summed E-state index contributed by atoms with van der Waals surface area (Å²) in [6.45, 7) is 2.43. The zero-order valence-corrected chi connectivity index (χ0v) is 7.34. The average Bonchev–Trinajstić information content (AvgIpc) is 2.17. The van der Waals surface area contributed by atoms with Gasteiger partial charge in [0.15, 0.2) is 0 Å². The number of likely N-dealkylation sites (N-methyl/N-ethyl adjacent to an activating group) is 1. The summed E-state index contributed by atoms with van der Waals surface area (Å²) in [5.74, 6) is 0. The highest BCUT2D eigenvalue weighted by Gasteiger charge is 2.28. The third kappa shape index (κ3) is 1.42. The minimum atomic E-state index is 0.830. The van der Waals surface area contributed by atoms with Gasteiger partial charge in [0.05, 0.1) is 0 Å². The van der Waals surface area contributed by atoms with Crippen molar-refractivity contribution in [2.75, 3.05) is 20.1 Å². The van der Waals surface area contributed by atoms with Crippen LogP contribution in [-0.4, -0.2) is 37.1 Å². The number of nitrogens with zero attached hydrogens (tertiary/aromatic N) is 1. The first kappa shape index (κ1) is 7.56. The van der Waals surface area contributed by atoms with Crippen LogP contribution in [0, 0.1) is 0 Å². The topological polar surface area (TPSA) is 15.3 Å². The van der Waals surface area contributed by atoms with E-state index in [0.29, 0.717) is 0 Å². The van der Waals surface area contributed by atoms with Gasteiger partial charge in [0, 0.05) is 25.2 Å². The van der Waals surface area contributed by atoms with E-state index in [4.69, 9.17) is 0 Å². The van der Waals surface area contributed by atoms with E-state index in [1.807, 2.05) is 0 Å². The lowest BCUT2D eigenvalue weighted by Crippen LogP contribution is -2.54. The number of fused-ring (bicyclic) bond motifs is 2. The fourth-order valence-corrected chi connectivity index (χ4v) is 2.37. The second-order valence-corrected chi connectivity index (χ2v) is 3.92. The van der Waals surface area contributed by atoms with Crippen molar-refractivity contribution in [3.63, 3.8) is 0 Å². The van der Waals surface area contributed by atoms with Gasteiger partial charge in [-0.15, -0.1) is 0 Å². The van der Waals surface area contributed by atoms with Crippen LogP contribution in [0.1, 0.15) is 25.7 Å². The van der Waals surface area contributed by atoms with Gasteiger partial charge >= 0.3 is 0 Å². The van der Waals surface area contributed by atoms with Crippen LogP contribution in [0.4, 0.5) is 0 Å². The van der Waals surface area contributed by atoms with E-state index in [0.717, 1.165) is 12.1 Å². The van der Waals surface area contributed by atoms with E-state index in [-0.39, 0.29) is 0 Å². The first-order chi connectivity index (χ1) is 5.38. The molecule has 0 aromatic heterocycles. The summed E-state index contributed by atoms with van der Waals surface area (Å²) in [4.78, 5) is 2.59. The van der Waals surface area contributed by atoms with E-state index < -0.39 is 0 Å². The highest BCUT2D eigenvalue weighted by Crippen LogP contribution is 2.22. The number of nitrogens with one attached hydrogen (secondary N) is 1. The molecule has 0 spiro atoms. The van der Waals surface area contributed by atoms with Gasteiger partial charge in [0.1, 0.15) is 0 Å². The Labute approximate surface area is 69.0 Å². The predicted molar refractivity (Wildman–Crippen MR) is 46.7 cm³/mol. The normalized spacial score (nSPS) is 40.1. The molecule has 2 atom stereocenters. The Balaban J connectivity index is 2.06. The summed E-state index contributed by atoms with van der Waals surface area (Å²) < 4.78 is 0. The Hall–Kier alpha value is -0.0800. The first-order valence-electron chi connectivity index (χ1n) is 4.80. The van der Waals surface area contributed by atoms with E-state index in [1.165, 1.54) is 38.8 Å². The number of piperazine rings is 1. The highest BCUT2D eigenvalue weighted by atomic mass is 15.2. The monoisotopic (exact) mass is 154 g/mol. The van der Waals surface area contributed by atoms with Gasteiger partial charge < -0.3 is 5.32 Å². The molecule has 2 fully saturated rings. The molecule has 2 aliphatic heterocycles. The Morgan fingerprint density at radius 3 is 2.18 bits per heavy atom.